The van der Waals surface area contributed by atoms with Gasteiger partial charge in [0.15, 0.2) is 0 Å². The summed E-state index contributed by atoms with van der Waals surface area (Å²) in [6.07, 6.45) is 0.663. The van der Waals surface area contributed by atoms with Gasteiger partial charge >= 0.3 is 0 Å². The Morgan fingerprint density at radius 2 is 1.76 bits per heavy atom. The molecular weight excluding hydrogens is 316 g/mol. The molecule has 0 bridgehead atoms. The summed E-state index contributed by atoms with van der Waals surface area (Å²) in [5.41, 5.74) is 3.33. The minimum Gasteiger partial charge on any atom is -0.387 e. The fraction of sp³-hybridized carbons (Fsp3) is 0.200. The van der Waals surface area contributed by atoms with E-state index in [1.54, 1.807) is 7.11 Å². The highest BCUT2D eigenvalue weighted by Crippen LogP contribution is 2.22. The Labute approximate surface area is 146 Å². The minimum absolute atomic E-state index is 0.157. The van der Waals surface area contributed by atoms with Crippen molar-refractivity contribution in [3.05, 3.63) is 88.6 Å². The van der Waals surface area contributed by atoms with Gasteiger partial charge in [-0.1, -0.05) is 54.6 Å². The monoisotopic (exact) mass is 336 g/mol. The van der Waals surface area contributed by atoms with Crippen LogP contribution in [0.4, 0.5) is 0 Å². The highest BCUT2D eigenvalue weighted by Gasteiger charge is 2.10. The van der Waals surface area contributed by atoms with Crippen LogP contribution in [0.2, 0.25) is 0 Å². The molecule has 1 aromatic heterocycles. The molecule has 25 heavy (non-hydrogen) atoms. The van der Waals surface area contributed by atoms with Crippen LogP contribution >= 0.6 is 0 Å². The summed E-state index contributed by atoms with van der Waals surface area (Å²) < 4.78 is 6.36. The molecule has 0 amide bonds. The van der Waals surface area contributed by atoms with Gasteiger partial charge in [-0.25, -0.2) is 4.98 Å². The highest BCUT2D eigenvalue weighted by atomic mass is 16.5. The molecule has 0 radical (unpaired) electrons. The third kappa shape index (κ3) is 4.21. The molecule has 0 saturated heterocycles. The minimum atomic E-state index is -0.780. The molecule has 3 rings (SSSR count). The van der Waals surface area contributed by atoms with Crippen molar-refractivity contribution in [3.8, 4) is 11.1 Å². The SMILES string of the molecule is COCc1cc(=O)n(CC(O)c2ccc(-c3ccccc3)cc2)cn1. The fourth-order valence-electron chi connectivity index (χ4n) is 2.65. The molecule has 1 N–H and O–H groups in total. The Balaban J connectivity index is 1.73. The van der Waals surface area contributed by atoms with E-state index < -0.39 is 6.10 Å². The molecule has 0 aliphatic heterocycles. The van der Waals surface area contributed by atoms with E-state index in [1.165, 1.54) is 17.0 Å². The zero-order valence-electron chi connectivity index (χ0n) is 14.0. The highest BCUT2D eigenvalue weighted by molar-refractivity contribution is 5.63. The third-order valence-electron chi connectivity index (χ3n) is 4.00. The molecular formula is C20H20N2O3. The predicted octanol–water partition coefficient (Wildman–Crippen LogP) is 2.79. The van der Waals surface area contributed by atoms with E-state index in [0.29, 0.717) is 12.3 Å². The first-order valence-electron chi connectivity index (χ1n) is 8.05. The zero-order valence-corrected chi connectivity index (χ0v) is 14.0. The lowest BCUT2D eigenvalue weighted by Gasteiger charge is -2.13. The molecule has 128 valence electrons. The molecule has 2 aromatic carbocycles. The van der Waals surface area contributed by atoms with Crippen molar-refractivity contribution in [1.82, 2.24) is 9.55 Å². The Kier molecular flexibility index (Phi) is 5.38. The number of methoxy groups -OCH3 is 1. The van der Waals surface area contributed by atoms with E-state index >= 15 is 0 Å². The first-order chi connectivity index (χ1) is 12.2. The third-order valence-corrected chi connectivity index (χ3v) is 4.00. The van der Waals surface area contributed by atoms with Gasteiger partial charge in [0.05, 0.1) is 31.3 Å². The summed E-state index contributed by atoms with van der Waals surface area (Å²) in [7, 11) is 1.55. The zero-order chi connectivity index (χ0) is 17.6. The van der Waals surface area contributed by atoms with Crippen molar-refractivity contribution in [2.24, 2.45) is 0 Å². The van der Waals surface area contributed by atoms with Crippen molar-refractivity contribution in [2.75, 3.05) is 7.11 Å². The smallest absolute Gasteiger partial charge is 0.253 e. The predicted molar refractivity (Wildman–Crippen MR) is 96.0 cm³/mol. The summed E-state index contributed by atoms with van der Waals surface area (Å²) in [4.78, 5) is 16.2. The summed E-state index contributed by atoms with van der Waals surface area (Å²) in [6, 6.07) is 19.2. The standard InChI is InChI=1S/C20H20N2O3/c1-25-13-18-11-20(24)22(14-21-18)12-19(23)17-9-7-16(8-10-17)15-5-3-2-4-6-15/h2-11,14,19,23H,12-13H2,1H3. The lowest BCUT2D eigenvalue weighted by molar-refractivity contribution is 0.154. The van der Waals surface area contributed by atoms with Crippen LogP contribution in [-0.4, -0.2) is 21.8 Å². The molecule has 5 heteroatoms. The number of aliphatic hydroxyl groups excluding tert-OH is 1. The number of aliphatic hydroxyl groups is 1. The normalized spacial score (nSPS) is 12.1. The Bertz CT molecular complexity index is 873. The van der Waals surface area contributed by atoms with Crippen molar-refractivity contribution < 1.29 is 9.84 Å². The van der Waals surface area contributed by atoms with Gasteiger partial charge in [0.1, 0.15) is 0 Å². The van der Waals surface area contributed by atoms with Gasteiger partial charge in [0, 0.05) is 13.2 Å². The first kappa shape index (κ1) is 17.1. The molecule has 1 heterocycles. The van der Waals surface area contributed by atoms with Gasteiger partial charge in [0.2, 0.25) is 0 Å². The van der Waals surface area contributed by atoms with Crippen LogP contribution in [0.25, 0.3) is 11.1 Å². The van der Waals surface area contributed by atoms with E-state index in [9.17, 15) is 9.90 Å². The van der Waals surface area contributed by atoms with Crippen molar-refractivity contribution in [3.63, 3.8) is 0 Å². The second-order valence-corrected chi connectivity index (χ2v) is 5.81. The van der Waals surface area contributed by atoms with E-state index in [2.05, 4.69) is 4.98 Å². The van der Waals surface area contributed by atoms with Gasteiger partial charge < -0.3 is 9.84 Å². The number of hydrogen-bond donors (Lipinski definition) is 1. The van der Waals surface area contributed by atoms with Gasteiger partial charge in [-0.05, 0) is 16.7 Å². The maximum absolute atomic E-state index is 12.1. The van der Waals surface area contributed by atoms with E-state index in [1.807, 2.05) is 54.6 Å². The van der Waals surface area contributed by atoms with Crippen molar-refractivity contribution in [2.45, 2.75) is 19.3 Å². The Morgan fingerprint density at radius 3 is 2.40 bits per heavy atom. The van der Waals surface area contributed by atoms with Crippen molar-refractivity contribution >= 4 is 0 Å². The fourth-order valence-corrected chi connectivity index (χ4v) is 2.65. The number of rotatable bonds is 6. The molecule has 0 aliphatic rings. The van der Waals surface area contributed by atoms with E-state index in [4.69, 9.17) is 4.74 Å². The van der Waals surface area contributed by atoms with Crippen molar-refractivity contribution in [1.29, 1.82) is 0 Å². The van der Waals surface area contributed by atoms with Gasteiger partial charge in [0.25, 0.3) is 5.56 Å². The molecule has 3 aromatic rings. The average molecular weight is 336 g/mol. The molecule has 1 unspecified atom stereocenters. The second kappa shape index (κ2) is 7.88. The van der Waals surface area contributed by atoms with Crippen LogP contribution in [0.3, 0.4) is 0 Å². The largest absolute Gasteiger partial charge is 0.387 e. The molecule has 0 spiro atoms. The topological polar surface area (TPSA) is 64.3 Å². The van der Waals surface area contributed by atoms with Crippen LogP contribution < -0.4 is 5.56 Å². The van der Waals surface area contributed by atoms with Crippen LogP contribution in [0, 0.1) is 0 Å². The lowest BCUT2D eigenvalue weighted by atomic mass is 10.0. The van der Waals surface area contributed by atoms with Crippen LogP contribution in [-0.2, 0) is 17.9 Å². The van der Waals surface area contributed by atoms with Gasteiger partial charge in [-0.2, -0.15) is 0 Å². The summed E-state index contributed by atoms with van der Waals surface area (Å²) >= 11 is 0. The summed E-state index contributed by atoms with van der Waals surface area (Å²) in [5, 5.41) is 10.4. The number of ether oxygens (including phenoxy) is 1. The van der Waals surface area contributed by atoms with Crippen LogP contribution in [0.15, 0.2) is 71.8 Å². The quantitative estimate of drug-likeness (QED) is 0.752. The number of hydrogen-bond acceptors (Lipinski definition) is 4. The van der Waals surface area contributed by atoms with Crippen LogP contribution in [0.1, 0.15) is 17.4 Å². The molecule has 0 fully saturated rings. The summed E-state index contributed by atoms with van der Waals surface area (Å²) in [6.45, 7) is 0.448. The lowest BCUT2D eigenvalue weighted by Crippen LogP contribution is -2.23. The molecule has 5 nitrogen and oxygen atoms in total. The average Bonchev–Trinajstić information content (AvgIpc) is 2.65. The number of benzene rings is 2. The molecule has 1 atom stereocenters. The van der Waals surface area contributed by atoms with E-state index in [0.717, 1.165) is 16.7 Å². The Morgan fingerprint density at radius 1 is 1.08 bits per heavy atom. The second-order valence-electron chi connectivity index (χ2n) is 5.81. The molecule has 0 aliphatic carbocycles. The van der Waals surface area contributed by atoms with Gasteiger partial charge in [-0.15, -0.1) is 0 Å². The number of aromatic nitrogens is 2. The summed E-state index contributed by atoms with van der Waals surface area (Å²) in [5.74, 6) is 0. The number of nitrogens with zero attached hydrogens (tertiary/aromatic N) is 2. The Hall–Kier alpha value is -2.76. The first-order valence-corrected chi connectivity index (χ1v) is 8.05. The maximum Gasteiger partial charge on any atom is 0.253 e. The van der Waals surface area contributed by atoms with E-state index in [-0.39, 0.29) is 12.1 Å². The van der Waals surface area contributed by atoms with Crippen LogP contribution in [0.5, 0.6) is 0 Å². The molecule has 0 saturated carbocycles. The van der Waals surface area contributed by atoms with Gasteiger partial charge in [-0.3, -0.25) is 9.36 Å². The maximum atomic E-state index is 12.1.